The van der Waals surface area contributed by atoms with E-state index in [9.17, 15) is 27.9 Å². The lowest BCUT2D eigenvalue weighted by atomic mass is 9.85. The average Bonchev–Trinajstić information content (AvgIpc) is 3.16. The molecule has 0 saturated carbocycles. The number of piperazine rings is 1. The molecular formula is C24H33F3N4O4. The van der Waals surface area contributed by atoms with Crippen LogP contribution in [0, 0.1) is 6.92 Å². The molecule has 0 bridgehead atoms. The molecule has 8 nitrogen and oxygen atoms in total. The van der Waals surface area contributed by atoms with Gasteiger partial charge in [0.1, 0.15) is 0 Å². The third kappa shape index (κ3) is 5.66. The number of aliphatic carboxylic acids is 1. The molecular weight excluding hydrogens is 465 g/mol. The number of carboxylic acids is 1. The first kappa shape index (κ1) is 25.6. The van der Waals surface area contributed by atoms with E-state index in [0.29, 0.717) is 32.7 Å². The largest absolute Gasteiger partial charge is 0.480 e. The third-order valence-corrected chi connectivity index (χ3v) is 7.38. The number of alkyl halides is 3. The summed E-state index contributed by atoms with van der Waals surface area (Å²) in [7, 11) is 0. The Morgan fingerprint density at radius 1 is 1.14 bits per heavy atom. The third-order valence-electron chi connectivity index (χ3n) is 7.38. The fourth-order valence-corrected chi connectivity index (χ4v) is 5.32. The van der Waals surface area contributed by atoms with Gasteiger partial charge in [0.2, 0.25) is 0 Å². The monoisotopic (exact) mass is 498 g/mol. The molecule has 1 spiro atoms. The summed E-state index contributed by atoms with van der Waals surface area (Å²) in [5.41, 5.74) is 3.36. The number of halogens is 3. The zero-order valence-electron chi connectivity index (χ0n) is 20.2. The Bertz CT molecular complexity index is 943. The summed E-state index contributed by atoms with van der Waals surface area (Å²) in [6.45, 7) is 7.72. The summed E-state index contributed by atoms with van der Waals surface area (Å²) in [4.78, 5) is 31.3. The van der Waals surface area contributed by atoms with E-state index >= 15 is 0 Å². The first-order chi connectivity index (χ1) is 16.5. The highest BCUT2D eigenvalue weighted by Gasteiger charge is 2.51. The molecule has 1 aromatic carbocycles. The number of benzene rings is 1. The molecule has 0 aliphatic carbocycles. The smallest absolute Gasteiger partial charge is 0.425 e. The van der Waals surface area contributed by atoms with Gasteiger partial charge in [0.15, 0.2) is 6.10 Å². The lowest BCUT2D eigenvalue weighted by Crippen LogP contribution is -2.68. The Morgan fingerprint density at radius 2 is 1.83 bits per heavy atom. The van der Waals surface area contributed by atoms with Crippen LogP contribution in [0.15, 0.2) is 18.2 Å². The van der Waals surface area contributed by atoms with Gasteiger partial charge in [0, 0.05) is 51.5 Å². The molecule has 3 aliphatic rings. The maximum Gasteiger partial charge on any atom is 0.425 e. The minimum atomic E-state index is -4.57. The maximum absolute atomic E-state index is 12.7. The molecule has 1 unspecified atom stereocenters. The second-order valence-corrected chi connectivity index (χ2v) is 9.96. The summed E-state index contributed by atoms with van der Waals surface area (Å²) in [6.07, 6.45) is -5.62. The first-order valence-electron chi connectivity index (χ1n) is 12.0. The van der Waals surface area contributed by atoms with Crippen molar-refractivity contribution in [2.24, 2.45) is 0 Å². The number of aryl methyl sites for hydroxylation is 1. The number of amides is 1. The van der Waals surface area contributed by atoms with Gasteiger partial charge in [0.25, 0.3) is 0 Å². The molecule has 0 radical (unpaired) electrons. The van der Waals surface area contributed by atoms with E-state index in [1.165, 1.54) is 4.90 Å². The molecule has 11 heteroatoms. The number of rotatable bonds is 6. The van der Waals surface area contributed by atoms with Crippen LogP contribution in [0.4, 0.5) is 23.7 Å². The fourth-order valence-electron chi connectivity index (χ4n) is 5.32. The Labute approximate surface area is 203 Å². The summed E-state index contributed by atoms with van der Waals surface area (Å²) >= 11 is 0. The molecule has 1 aromatic rings. The predicted molar refractivity (Wildman–Crippen MR) is 123 cm³/mol. The van der Waals surface area contributed by atoms with Crippen LogP contribution < -0.4 is 4.90 Å². The van der Waals surface area contributed by atoms with Gasteiger partial charge in [-0.25, -0.2) is 4.79 Å². The van der Waals surface area contributed by atoms with E-state index in [-0.39, 0.29) is 12.1 Å². The lowest BCUT2D eigenvalue weighted by molar-refractivity contribution is -0.200. The van der Waals surface area contributed by atoms with Crippen molar-refractivity contribution >= 4 is 17.7 Å². The van der Waals surface area contributed by atoms with Crippen LogP contribution in [0.1, 0.15) is 30.9 Å². The number of ether oxygens (including phenoxy) is 1. The predicted octanol–water partition coefficient (Wildman–Crippen LogP) is 2.94. The number of likely N-dealkylation sites (tertiary alicyclic amines) is 1. The van der Waals surface area contributed by atoms with Crippen LogP contribution in [-0.2, 0) is 16.1 Å². The van der Waals surface area contributed by atoms with Crippen LogP contribution in [0.5, 0.6) is 0 Å². The minimum Gasteiger partial charge on any atom is -0.480 e. The summed E-state index contributed by atoms with van der Waals surface area (Å²) < 4.78 is 42.6. The molecule has 3 heterocycles. The van der Waals surface area contributed by atoms with Gasteiger partial charge in [-0.2, -0.15) is 13.2 Å². The van der Waals surface area contributed by atoms with Crippen molar-refractivity contribution in [3.63, 3.8) is 0 Å². The lowest BCUT2D eigenvalue weighted by Gasteiger charge is -2.54. The summed E-state index contributed by atoms with van der Waals surface area (Å²) in [6, 6.07) is 6.32. The van der Waals surface area contributed by atoms with Crippen LogP contribution in [-0.4, -0.2) is 102 Å². The Kier molecular flexibility index (Phi) is 7.19. The molecule has 0 aromatic heterocycles. The van der Waals surface area contributed by atoms with Gasteiger partial charge in [0.05, 0.1) is 12.1 Å². The molecule has 1 amide bonds. The first-order valence-corrected chi connectivity index (χ1v) is 12.0. The second-order valence-electron chi connectivity index (χ2n) is 9.96. The van der Waals surface area contributed by atoms with Gasteiger partial charge < -0.3 is 19.6 Å². The van der Waals surface area contributed by atoms with E-state index in [2.05, 4.69) is 37.6 Å². The van der Waals surface area contributed by atoms with Crippen molar-refractivity contribution in [3.8, 4) is 0 Å². The van der Waals surface area contributed by atoms with Gasteiger partial charge >= 0.3 is 18.2 Å². The standard InChI is InChI=1S/C24H33F3N4O4/c1-17-4-5-19(13-28-8-10-29(11-9-28)22(34)35-18(2)24(25,26)27)20(12-17)30-15-23(16-30)6-3-7-31(23)14-21(32)33/h4-5,12,18H,3,6-11,13-16H2,1-2H3,(H,32,33). The highest BCUT2D eigenvalue weighted by molar-refractivity contribution is 5.70. The van der Waals surface area contributed by atoms with E-state index in [0.717, 1.165) is 56.2 Å². The number of carbonyl (C=O) groups excluding carboxylic acids is 1. The fraction of sp³-hybridized carbons (Fsp3) is 0.667. The van der Waals surface area contributed by atoms with E-state index in [4.69, 9.17) is 0 Å². The van der Waals surface area contributed by atoms with Crippen molar-refractivity contribution in [2.45, 2.75) is 51.1 Å². The molecule has 194 valence electrons. The molecule has 1 atom stereocenters. The quantitative estimate of drug-likeness (QED) is 0.646. The molecule has 4 rings (SSSR count). The van der Waals surface area contributed by atoms with E-state index in [1.54, 1.807) is 0 Å². The summed E-state index contributed by atoms with van der Waals surface area (Å²) in [5, 5.41) is 9.26. The highest BCUT2D eigenvalue weighted by atomic mass is 19.4. The van der Waals surface area contributed by atoms with Crippen LogP contribution in [0.3, 0.4) is 0 Å². The van der Waals surface area contributed by atoms with Gasteiger partial charge in [-0.15, -0.1) is 0 Å². The molecule has 3 saturated heterocycles. The highest BCUT2D eigenvalue weighted by Crippen LogP contribution is 2.41. The topological polar surface area (TPSA) is 76.6 Å². The molecule has 35 heavy (non-hydrogen) atoms. The van der Waals surface area contributed by atoms with Crippen LogP contribution in [0.2, 0.25) is 0 Å². The molecule has 1 N–H and O–H groups in total. The van der Waals surface area contributed by atoms with Crippen molar-refractivity contribution in [2.75, 3.05) is 57.3 Å². The van der Waals surface area contributed by atoms with Gasteiger partial charge in [-0.1, -0.05) is 12.1 Å². The number of anilines is 1. The number of hydrogen-bond acceptors (Lipinski definition) is 6. The summed E-state index contributed by atoms with van der Waals surface area (Å²) in [5.74, 6) is -0.795. The number of hydrogen-bond donors (Lipinski definition) is 1. The number of carboxylic acid groups (broad SMARTS) is 1. The second kappa shape index (κ2) is 9.85. The van der Waals surface area contributed by atoms with E-state index < -0.39 is 24.3 Å². The van der Waals surface area contributed by atoms with Gasteiger partial charge in [-0.05, 0) is 50.4 Å². The SMILES string of the molecule is Cc1ccc(CN2CCN(C(=O)OC(C)C(F)(F)F)CC2)c(N2CC3(CCCN3CC(=O)O)C2)c1. The Balaban J connectivity index is 1.35. The van der Waals surface area contributed by atoms with Crippen LogP contribution >= 0.6 is 0 Å². The van der Waals surface area contributed by atoms with Crippen molar-refractivity contribution in [1.82, 2.24) is 14.7 Å². The van der Waals surface area contributed by atoms with Crippen molar-refractivity contribution in [3.05, 3.63) is 29.3 Å². The molecule has 3 fully saturated rings. The van der Waals surface area contributed by atoms with E-state index in [1.807, 2.05) is 6.92 Å². The Hall–Kier alpha value is -2.53. The maximum atomic E-state index is 12.7. The van der Waals surface area contributed by atoms with Crippen LogP contribution in [0.25, 0.3) is 0 Å². The zero-order valence-corrected chi connectivity index (χ0v) is 20.2. The van der Waals surface area contributed by atoms with Crippen molar-refractivity contribution < 1.29 is 32.6 Å². The van der Waals surface area contributed by atoms with Crippen molar-refractivity contribution in [1.29, 1.82) is 0 Å². The normalized spacial score (nSPS) is 21.7. The minimum absolute atomic E-state index is 0.0705. The number of carbonyl (C=O) groups is 2. The average molecular weight is 499 g/mol. The van der Waals surface area contributed by atoms with Gasteiger partial charge in [-0.3, -0.25) is 14.6 Å². The molecule has 3 aliphatic heterocycles. The Morgan fingerprint density at radius 3 is 2.46 bits per heavy atom. The number of nitrogens with zero attached hydrogens (tertiary/aromatic N) is 4. The zero-order chi connectivity index (χ0) is 25.4.